The van der Waals surface area contributed by atoms with Crippen LogP contribution in [-0.2, 0) is 20.2 Å². The number of amides is 1. The summed E-state index contributed by atoms with van der Waals surface area (Å²) in [5.41, 5.74) is 1.81. The van der Waals surface area contributed by atoms with Crippen LogP contribution in [-0.4, -0.2) is 59.0 Å². The predicted molar refractivity (Wildman–Crippen MR) is 117 cm³/mol. The summed E-state index contributed by atoms with van der Waals surface area (Å²) in [5, 5.41) is 0. The van der Waals surface area contributed by atoms with Gasteiger partial charge in [-0.3, -0.25) is 4.79 Å². The minimum Gasteiger partial charge on any atom is -0.497 e. The Hall–Kier alpha value is -2.58. The van der Waals surface area contributed by atoms with E-state index in [-0.39, 0.29) is 10.8 Å². The largest absolute Gasteiger partial charge is 0.497 e. The molecule has 0 N–H and O–H groups in total. The third kappa shape index (κ3) is 3.24. The first-order valence-electron chi connectivity index (χ1n) is 9.98. The summed E-state index contributed by atoms with van der Waals surface area (Å²) < 4.78 is 33.4. The molecule has 1 fully saturated rings. The van der Waals surface area contributed by atoms with E-state index in [0.29, 0.717) is 26.2 Å². The van der Waals surface area contributed by atoms with Crippen LogP contribution in [0.1, 0.15) is 19.4 Å². The molecule has 0 spiro atoms. The van der Waals surface area contributed by atoms with Crippen molar-refractivity contribution in [1.82, 2.24) is 4.31 Å². The van der Waals surface area contributed by atoms with Crippen molar-refractivity contribution in [3.8, 4) is 5.75 Å². The Morgan fingerprint density at radius 3 is 2.37 bits per heavy atom. The molecular weight excluding hydrogens is 402 g/mol. The van der Waals surface area contributed by atoms with Crippen molar-refractivity contribution in [3.63, 3.8) is 0 Å². The molecule has 0 unspecified atom stereocenters. The van der Waals surface area contributed by atoms with Crippen LogP contribution in [0.25, 0.3) is 0 Å². The first-order valence-corrected chi connectivity index (χ1v) is 11.4. The Morgan fingerprint density at radius 2 is 1.70 bits per heavy atom. The lowest BCUT2D eigenvalue weighted by Crippen LogP contribution is -2.48. The number of carbonyl (C=O) groups excluding carboxylic acids is 1. The van der Waals surface area contributed by atoms with Crippen LogP contribution in [0.3, 0.4) is 0 Å². The van der Waals surface area contributed by atoms with Crippen LogP contribution in [0.15, 0.2) is 47.4 Å². The van der Waals surface area contributed by atoms with Gasteiger partial charge in [-0.15, -0.1) is 0 Å². The minimum atomic E-state index is -3.64. The molecule has 2 aliphatic heterocycles. The van der Waals surface area contributed by atoms with Gasteiger partial charge in [-0.25, -0.2) is 8.42 Å². The number of piperazine rings is 1. The molecule has 2 aromatic rings. The Balaban J connectivity index is 1.55. The van der Waals surface area contributed by atoms with Gasteiger partial charge in [0.05, 0.1) is 17.4 Å². The van der Waals surface area contributed by atoms with Gasteiger partial charge in [0.25, 0.3) is 0 Å². The Morgan fingerprint density at radius 1 is 1.00 bits per heavy atom. The van der Waals surface area contributed by atoms with Gasteiger partial charge in [0.1, 0.15) is 5.75 Å². The molecular formula is C22H27N3O4S. The third-order valence-corrected chi connectivity index (χ3v) is 8.03. The zero-order valence-electron chi connectivity index (χ0n) is 17.8. The van der Waals surface area contributed by atoms with Crippen LogP contribution in [0.5, 0.6) is 5.75 Å². The number of nitrogens with zero attached hydrogens (tertiary/aromatic N) is 3. The van der Waals surface area contributed by atoms with Crippen molar-refractivity contribution < 1.29 is 17.9 Å². The smallest absolute Gasteiger partial charge is 0.243 e. The Kier molecular flexibility index (Phi) is 5.02. The summed E-state index contributed by atoms with van der Waals surface area (Å²) in [7, 11) is -0.279. The molecule has 4 rings (SSSR count). The second kappa shape index (κ2) is 7.28. The van der Waals surface area contributed by atoms with E-state index in [1.54, 1.807) is 37.3 Å². The monoisotopic (exact) mass is 429 g/mol. The summed E-state index contributed by atoms with van der Waals surface area (Å²) in [5.74, 6) is 0.752. The number of carbonyl (C=O) groups is 1. The topological polar surface area (TPSA) is 70.2 Å². The van der Waals surface area contributed by atoms with E-state index in [1.807, 2.05) is 38.1 Å². The third-order valence-electron chi connectivity index (χ3n) is 6.14. The highest BCUT2D eigenvalue weighted by Gasteiger charge is 2.43. The Bertz CT molecular complexity index is 1090. The molecule has 160 valence electrons. The number of likely N-dealkylation sites (N-methyl/N-ethyl adjacent to an activating group) is 1. The van der Waals surface area contributed by atoms with E-state index in [9.17, 15) is 13.2 Å². The van der Waals surface area contributed by atoms with Crippen molar-refractivity contribution in [1.29, 1.82) is 0 Å². The lowest BCUT2D eigenvalue weighted by molar-refractivity contribution is -0.121. The van der Waals surface area contributed by atoms with Crippen molar-refractivity contribution >= 4 is 27.3 Å². The van der Waals surface area contributed by atoms with Gasteiger partial charge in [0.2, 0.25) is 15.9 Å². The number of ether oxygens (including phenoxy) is 1. The number of sulfonamides is 1. The number of hydrogen-bond acceptors (Lipinski definition) is 5. The average Bonchev–Trinajstić information content (AvgIpc) is 2.93. The zero-order valence-corrected chi connectivity index (χ0v) is 18.6. The van der Waals surface area contributed by atoms with E-state index in [0.717, 1.165) is 22.7 Å². The molecule has 2 aromatic carbocycles. The average molecular weight is 430 g/mol. The molecule has 7 nitrogen and oxygen atoms in total. The summed E-state index contributed by atoms with van der Waals surface area (Å²) in [6.07, 6.45) is 0. The number of rotatable bonds is 4. The Labute approximate surface area is 177 Å². The molecule has 0 aromatic heterocycles. The zero-order chi connectivity index (χ0) is 21.7. The molecule has 2 aliphatic rings. The fourth-order valence-corrected chi connectivity index (χ4v) is 5.70. The number of benzene rings is 2. The van der Waals surface area contributed by atoms with Gasteiger partial charge in [-0.2, -0.15) is 4.31 Å². The van der Waals surface area contributed by atoms with Crippen LogP contribution in [0, 0.1) is 0 Å². The predicted octanol–water partition coefficient (Wildman–Crippen LogP) is 2.46. The molecule has 8 heteroatoms. The second-order valence-electron chi connectivity index (χ2n) is 8.26. The fourth-order valence-electron chi connectivity index (χ4n) is 4.26. The highest BCUT2D eigenvalue weighted by molar-refractivity contribution is 7.89. The number of methoxy groups -OCH3 is 1. The molecule has 0 radical (unpaired) electrons. The van der Waals surface area contributed by atoms with Gasteiger partial charge in [-0.1, -0.05) is 6.07 Å². The minimum absolute atomic E-state index is 0.0287. The maximum Gasteiger partial charge on any atom is 0.243 e. The first kappa shape index (κ1) is 20.7. The molecule has 30 heavy (non-hydrogen) atoms. The molecule has 0 saturated carbocycles. The second-order valence-corrected chi connectivity index (χ2v) is 10.2. The normalized spacial score (nSPS) is 19.1. The maximum atomic E-state index is 13.3. The van der Waals surface area contributed by atoms with Crippen LogP contribution >= 0.6 is 0 Å². The molecule has 2 heterocycles. The summed E-state index contributed by atoms with van der Waals surface area (Å²) >= 11 is 0. The summed E-state index contributed by atoms with van der Waals surface area (Å²) in [6, 6.07) is 12.8. The highest BCUT2D eigenvalue weighted by atomic mass is 32.2. The summed E-state index contributed by atoms with van der Waals surface area (Å²) in [6.45, 7) is 5.67. The molecule has 0 aliphatic carbocycles. The van der Waals surface area contributed by atoms with Gasteiger partial charge in [0, 0.05) is 50.7 Å². The van der Waals surface area contributed by atoms with Crippen LogP contribution < -0.4 is 14.5 Å². The van der Waals surface area contributed by atoms with Crippen molar-refractivity contribution in [2.45, 2.75) is 24.2 Å². The van der Waals surface area contributed by atoms with Gasteiger partial charge >= 0.3 is 0 Å². The van der Waals surface area contributed by atoms with E-state index < -0.39 is 15.4 Å². The lowest BCUT2D eigenvalue weighted by Gasteiger charge is -2.35. The van der Waals surface area contributed by atoms with Gasteiger partial charge in [-0.05, 0) is 49.7 Å². The van der Waals surface area contributed by atoms with Crippen molar-refractivity contribution in [2.24, 2.45) is 0 Å². The quantitative estimate of drug-likeness (QED) is 0.747. The van der Waals surface area contributed by atoms with E-state index in [4.69, 9.17) is 4.74 Å². The van der Waals surface area contributed by atoms with E-state index in [1.165, 1.54) is 4.31 Å². The van der Waals surface area contributed by atoms with Gasteiger partial charge < -0.3 is 14.5 Å². The first-order chi connectivity index (χ1) is 14.2. The van der Waals surface area contributed by atoms with Crippen LogP contribution in [0.4, 0.5) is 11.4 Å². The standard InChI is InChI=1S/C22H27N3O4S/c1-22(2)19-15-18(8-9-20(19)23(3)21(22)26)30(27,28)25-12-10-24(11-13-25)16-6-5-7-17(14-16)29-4/h5-9,14-15H,10-13H2,1-4H3. The summed E-state index contributed by atoms with van der Waals surface area (Å²) in [4.78, 5) is 16.5. The molecule has 1 amide bonds. The van der Waals surface area contributed by atoms with Crippen molar-refractivity contribution in [2.75, 3.05) is 50.1 Å². The van der Waals surface area contributed by atoms with Crippen molar-refractivity contribution in [3.05, 3.63) is 48.0 Å². The van der Waals surface area contributed by atoms with Gasteiger partial charge in [0.15, 0.2) is 0 Å². The molecule has 0 bridgehead atoms. The fraction of sp³-hybridized carbons (Fsp3) is 0.409. The highest BCUT2D eigenvalue weighted by Crippen LogP contribution is 2.42. The maximum absolute atomic E-state index is 13.3. The SMILES string of the molecule is COc1cccc(N2CCN(S(=O)(=O)c3ccc4c(c3)C(C)(C)C(=O)N4C)CC2)c1. The molecule has 0 atom stereocenters. The van der Waals surface area contributed by atoms with E-state index >= 15 is 0 Å². The lowest BCUT2D eigenvalue weighted by atomic mass is 9.86. The van der Waals surface area contributed by atoms with Crippen LogP contribution in [0.2, 0.25) is 0 Å². The molecule has 1 saturated heterocycles. The number of fused-ring (bicyclic) bond motifs is 1. The number of anilines is 2. The number of hydrogen-bond donors (Lipinski definition) is 0. The van der Waals surface area contributed by atoms with E-state index in [2.05, 4.69) is 4.90 Å².